The van der Waals surface area contributed by atoms with E-state index in [0.29, 0.717) is 22.2 Å². The predicted octanol–water partition coefficient (Wildman–Crippen LogP) is 5.68. The average molecular weight is 484 g/mol. The van der Waals surface area contributed by atoms with E-state index in [9.17, 15) is 10.4 Å². The fourth-order valence-electron chi connectivity index (χ4n) is 3.91. The molecule has 0 saturated heterocycles. The molecule has 4 rings (SSSR count). The summed E-state index contributed by atoms with van der Waals surface area (Å²) in [6, 6.07) is 11.8. The quantitative estimate of drug-likeness (QED) is 0.499. The largest absolute Gasteiger partial charge is 0.395 e. The number of nitriles is 1. The predicted molar refractivity (Wildman–Crippen MR) is 122 cm³/mol. The van der Waals surface area contributed by atoms with Gasteiger partial charge < -0.3 is 10.4 Å². The molecule has 1 aliphatic rings. The van der Waals surface area contributed by atoms with Crippen LogP contribution in [0.3, 0.4) is 0 Å². The summed E-state index contributed by atoms with van der Waals surface area (Å²) in [5, 5.41) is 23.4. The summed E-state index contributed by atoms with van der Waals surface area (Å²) in [6.45, 7) is 4.06. The second kappa shape index (κ2) is 7.99. The van der Waals surface area contributed by atoms with Crippen molar-refractivity contribution >= 4 is 39.2 Å². The maximum Gasteiger partial charge on any atom is 0.227 e. The van der Waals surface area contributed by atoms with Crippen molar-refractivity contribution < 1.29 is 5.11 Å². The van der Waals surface area contributed by atoms with Crippen molar-refractivity contribution in [1.29, 1.82) is 5.26 Å². The van der Waals surface area contributed by atoms with Crippen molar-refractivity contribution in [3.05, 3.63) is 68.3 Å². The van der Waals surface area contributed by atoms with Gasteiger partial charge in [-0.15, -0.1) is 0 Å². The van der Waals surface area contributed by atoms with Gasteiger partial charge in [-0.25, -0.2) is 9.97 Å². The molecule has 7 heteroatoms. The van der Waals surface area contributed by atoms with Crippen LogP contribution in [0.1, 0.15) is 35.6 Å². The normalized spacial score (nSPS) is 17.5. The van der Waals surface area contributed by atoms with Gasteiger partial charge in [0.25, 0.3) is 0 Å². The third-order valence-electron chi connectivity index (χ3n) is 5.76. The van der Waals surface area contributed by atoms with E-state index in [1.807, 2.05) is 44.2 Å². The van der Waals surface area contributed by atoms with E-state index in [1.54, 1.807) is 6.20 Å². The second-order valence-corrected chi connectivity index (χ2v) is 9.11. The number of anilines is 2. The summed E-state index contributed by atoms with van der Waals surface area (Å²) in [4.78, 5) is 8.99. The van der Waals surface area contributed by atoms with Gasteiger partial charge in [-0.1, -0.05) is 18.5 Å². The highest BCUT2D eigenvalue weighted by atomic mass is 79.9. The smallest absolute Gasteiger partial charge is 0.227 e. The first-order chi connectivity index (χ1) is 14.3. The molecule has 0 bridgehead atoms. The number of fused-ring (bicyclic) bond motifs is 1. The average Bonchev–Trinajstić information content (AvgIpc) is 3.09. The van der Waals surface area contributed by atoms with Gasteiger partial charge in [-0.2, -0.15) is 5.26 Å². The number of rotatable bonds is 4. The number of aryl methyl sites for hydroxylation is 1. The zero-order valence-electron chi connectivity index (χ0n) is 16.6. The minimum atomic E-state index is -0.337. The number of hydrogen-bond donors (Lipinski definition) is 2. The zero-order chi connectivity index (χ0) is 21.5. The zero-order valence-corrected chi connectivity index (χ0v) is 19.0. The summed E-state index contributed by atoms with van der Waals surface area (Å²) in [7, 11) is 0. The molecule has 0 fully saturated rings. The maximum absolute atomic E-state index is 9.94. The third-order valence-corrected chi connectivity index (χ3v) is 6.96. The molecule has 3 aromatic rings. The van der Waals surface area contributed by atoms with Crippen LogP contribution >= 0.6 is 27.5 Å². The fourth-order valence-corrected chi connectivity index (χ4v) is 4.53. The molecule has 0 spiro atoms. The van der Waals surface area contributed by atoms with Crippen LogP contribution in [0.2, 0.25) is 5.02 Å². The summed E-state index contributed by atoms with van der Waals surface area (Å²) in [5.74, 6) is 0.443. The molecular formula is C23H20BrClN4O. The third kappa shape index (κ3) is 3.69. The topological polar surface area (TPSA) is 81.8 Å². The Bertz CT molecular complexity index is 1190. The van der Waals surface area contributed by atoms with Gasteiger partial charge in [0.2, 0.25) is 5.95 Å². The van der Waals surface area contributed by atoms with Crippen LogP contribution in [0.5, 0.6) is 0 Å². The lowest BCUT2D eigenvalue weighted by atomic mass is 9.83. The van der Waals surface area contributed by atoms with Crippen LogP contribution in [0, 0.1) is 18.3 Å². The highest BCUT2D eigenvalue weighted by Crippen LogP contribution is 2.42. The second-order valence-electron chi connectivity index (χ2n) is 7.85. The van der Waals surface area contributed by atoms with Gasteiger partial charge in [0, 0.05) is 27.3 Å². The van der Waals surface area contributed by atoms with Crippen molar-refractivity contribution in [1.82, 2.24) is 9.97 Å². The van der Waals surface area contributed by atoms with Gasteiger partial charge in [0.15, 0.2) is 0 Å². The van der Waals surface area contributed by atoms with Crippen LogP contribution < -0.4 is 5.32 Å². The van der Waals surface area contributed by atoms with Crippen LogP contribution in [0.4, 0.5) is 11.6 Å². The minimum absolute atomic E-state index is 0.0501. The molecule has 5 nitrogen and oxygen atoms in total. The fraction of sp³-hybridized carbons (Fsp3) is 0.261. The van der Waals surface area contributed by atoms with E-state index in [1.165, 1.54) is 0 Å². The number of halogens is 2. The summed E-state index contributed by atoms with van der Waals surface area (Å²) < 4.78 is 0.830. The number of aliphatic hydroxyl groups excluding tert-OH is 1. The lowest BCUT2D eigenvalue weighted by molar-refractivity contribution is 0.206. The van der Waals surface area contributed by atoms with E-state index in [-0.39, 0.29) is 12.0 Å². The molecular weight excluding hydrogens is 464 g/mol. The number of aromatic nitrogens is 2. The highest BCUT2D eigenvalue weighted by Gasteiger charge is 2.35. The standard InChI is InChI=1S/C23H20BrClN4O/c1-13-7-18(24)19(25)10-21(13)29-22-27-6-4-20(28-22)14-8-15(11-26)16-3-5-23(2,12-30)17(16)9-14/h4,6-10,30H,3,5,12H2,1-2H3,(H,27,28,29). The Hall–Kier alpha value is -2.46. The summed E-state index contributed by atoms with van der Waals surface area (Å²) in [5.41, 5.74) is 5.73. The molecule has 0 amide bonds. The van der Waals surface area contributed by atoms with E-state index in [4.69, 9.17) is 11.6 Å². The number of nitrogens with one attached hydrogen (secondary N) is 1. The minimum Gasteiger partial charge on any atom is -0.395 e. The number of hydrogen-bond acceptors (Lipinski definition) is 5. The lowest BCUT2D eigenvalue weighted by Gasteiger charge is -2.23. The van der Waals surface area contributed by atoms with Crippen LogP contribution in [-0.2, 0) is 11.8 Å². The first kappa shape index (κ1) is 20.8. The molecule has 1 heterocycles. The van der Waals surface area contributed by atoms with Crippen molar-refractivity contribution in [2.75, 3.05) is 11.9 Å². The van der Waals surface area contributed by atoms with E-state index in [2.05, 4.69) is 37.3 Å². The van der Waals surface area contributed by atoms with Crippen LogP contribution in [0.15, 0.2) is 41.0 Å². The molecule has 0 aliphatic heterocycles. The molecule has 2 aromatic carbocycles. The summed E-state index contributed by atoms with van der Waals surface area (Å²) >= 11 is 9.65. The Balaban J connectivity index is 1.74. The van der Waals surface area contributed by atoms with Gasteiger partial charge >= 0.3 is 0 Å². The SMILES string of the molecule is Cc1cc(Br)c(Cl)cc1Nc1nccc(-c2cc(C#N)c3c(c2)C(C)(CO)CC3)n1. The maximum atomic E-state index is 9.94. The van der Waals surface area contributed by atoms with Crippen molar-refractivity contribution in [3.8, 4) is 17.3 Å². The van der Waals surface area contributed by atoms with E-state index >= 15 is 0 Å². The van der Waals surface area contributed by atoms with Gasteiger partial charge in [-0.3, -0.25) is 0 Å². The van der Waals surface area contributed by atoms with E-state index < -0.39 is 0 Å². The van der Waals surface area contributed by atoms with Crippen molar-refractivity contribution in [2.45, 2.75) is 32.1 Å². The number of benzene rings is 2. The summed E-state index contributed by atoms with van der Waals surface area (Å²) in [6.07, 6.45) is 3.32. The first-order valence-corrected chi connectivity index (χ1v) is 10.8. The first-order valence-electron chi connectivity index (χ1n) is 9.59. The van der Waals surface area contributed by atoms with Gasteiger partial charge in [0.1, 0.15) is 0 Å². The molecule has 0 saturated carbocycles. The molecule has 0 radical (unpaired) electrons. The number of nitrogens with zero attached hydrogens (tertiary/aromatic N) is 3. The molecule has 2 N–H and O–H groups in total. The van der Waals surface area contributed by atoms with E-state index in [0.717, 1.165) is 45.3 Å². The van der Waals surface area contributed by atoms with Crippen molar-refractivity contribution in [2.24, 2.45) is 0 Å². The van der Waals surface area contributed by atoms with Crippen LogP contribution in [0.25, 0.3) is 11.3 Å². The Morgan fingerprint density at radius 1 is 1.33 bits per heavy atom. The Kier molecular flexibility index (Phi) is 5.54. The Labute approximate surface area is 188 Å². The molecule has 30 heavy (non-hydrogen) atoms. The Morgan fingerprint density at radius 2 is 2.13 bits per heavy atom. The molecule has 1 aromatic heterocycles. The molecule has 1 unspecified atom stereocenters. The lowest BCUT2D eigenvalue weighted by Crippen LogP contribution is -2.23. The monoisotopic (exact) mass is 482 g/mol. The van der Waals surface area contributed by atoms with Gasteiger partial charge in [0.05, 0.1) is 29.0 Å². The van der Waals surface area contributed by atoms with Crippen LogP contribution in [-0.4, -0.2) is 21.7 Å². The molecule has 152 valence electrons. The van der Waals surface area contributed by atoms with Crippen molar-refractivity contribution in [3.63, 3.8) is 0 Å². The Morgan fingerprint density at radius 3 is 2.87 bits per heavy atom. The van der Waals surface area contributed by atoms with Gasteiger partial charge in [-0.05, 0) is 82.7 Å². The molecule has 1 aliphatic carbocycles. The molecule has 1 atom stereocenters. The highest BCUT2D eigenvalue weighted by molar-refractivity contribution is 9.10. The number of aliphatic hydroxyl groups is 1.